The minimum atomic E-state index is -0.441. The monoisotopic (exact) mass is 389 g/mol. The summed E-state index contributed by atoms with van der Waals surface area (Å²) in [6.45, 7) is 1.96. The summed E-state index contributed by atoms with van der Waals surface area (Å²) in [6, 6.07) is 19.8. The lowest BCUT2D eigenvalue weighted by Crippen LogP contribution is -2.01. The third-order valence-electron chi connectivity index (χ3n) is 4.30. The van der Waals surface area contributed by atoms with E-state index in [1.165, 1.54) is 6.07 Å². The standard InChI is InChI=1S/C21H15N3O3S/c1-14-7-9-15(10-8-14)21(25)17-13-23(16-5-3-2-4-6-16)22-20(17)18-11-12-19(28-18)24(26)27/h2-13H,1H3. The van der Waals surface area contributed by atoms with Gasteiger partial charge in [0.05, 0.1) is 21.1 Å². The summed E-state index contributed by atoms with van der Waals surface area (Å²) in [4.78, 5) is 24.4. The van der Waals surface area contributed by atoms with Gasteiger partial charge < -0.3 is 0 Å². The van der Waals surface area contributed by atoms with Gasteiger partial charge in [0.15, 0.2) is 5.78 Å². The molecule has 0 spiro atoms. The number of carbonyl (C=O) groups excluding carboxylic acids is 1. The summed E-state index contributed by atoms with van der Waals surface area (Å²) < 4.78 is 1.63. The van der Waals surface area contributed by atoms with Gasteiger partial charge in [-0.05, 0) is 25.1 Å². The lowest BCUT2D eigenvalue weighted by atomic mass is 10.0. The number of nitro groups is 1. The van der Waals surface area contributed by atoms with Crippen molar-refractivity contribution in [2.75, 3.05) is 0 Å². The van der Waals surface area contributed by atoms with Crippen LogP contribution in [0.25, 0.3) is 16.3 Å². The molecular weight excluding hydrogens is 374 g/mol. The fourth-order valence-electron chi connectivity index (χ4n) is 2.85. The van der Waals surface area contributed by atoms with Crippen molar-refractivity contribution in [3.05, 3.63) is 99.7 Å². The fraction of sp³-hybridized carbons (Fsp3) is 0.0476. The topological polar surface area (TPSA) is 78.0 Å². The van der Waals surface area contributed by atoms with Crippen LogP contribution in [0.2, 0.25) is 0 Å². The average Bonchev–Trinajstić information content (AvgIpc) is 3.36. The molecule has 0 saturated heterocycles. The van der Waals surface area contributed by atoms with Gasteiger partial charge in [-0.3, -0.25) is 14.9 Å². The maximum atomic E-state index is 13.2. The Morgan fingerprint density at radius 2 is 1.75 bits per heavy atom. The van der Waals surface area contributed by atoms with Gasteiger partial charge in [0.1, 0.15) is 5.69 Å². The zero-order valence-electron chi connectivity index (χ0n) is 14.9. The van der Waals surface area contributed by atoms with Crippen LogP contribution in [0.1, 0.15) is 21.5 Å². The van der Waals surface area contributed by atoms with Crippen LogP contribution in [0, 0.1) is 17.0 Å². The molecule has 0 amide bonds. The molecule has 0 aliphatic heterocycles. The minimum Gasteiger partial charge on any atom is -0.288 e. The highest BCUT2D eigenvalue weighted by Crippen LogP contribution is 2.35. The van der Waals surface area contributed by atoms with E-state index in [1.54, 1.807) is 29.1 Å². The van der Waals surface area contributed by atoms with Crippen molar-refractivity contribution in [3.63, 3.8) is 0 Å². The summed E-state index contributed by atoms with van der Waals surface area (Å²) in [5.41, 5.74) is 3.26. The van der Waals surface area contributed by atoms with Crippen molar-refractivity contribution >= 4 is 22.1 Å². The lowest BCUT2D eigenvalue weighted by molar-refractivity contribution is -0.380. The number of carbonyl (C=O) groups is 1. The van der Waals surface area contributed by atoms with Crippen molar-refractivity contribution in [2.24, 2.45) is 0 Å². The smallest absolute Gasteiger partial charge is 0.288 e. The van der Waals surface area contributed by atoms with Gasteiger partial charge in [-0.25, -0.2) is 4.68 Å². The van der Waals surface area contributed by atoms with E-state index in [1.807, 2.05) is 49.4 Å². The predicted molar refractivity (Wildman–Crippen MR) is 108 cm³/mol. The van der Waals surface area contributed by atoms with E-state index in [9.17, 15) is 14.9 Å². The van der Waals surface area contributed by atoms with E-state index < -0.39 is 4.92 Å². The fourth-order valence-corrected chi connectivity index (χ4v) is 3.67. The predicted octanol–water partition coefficient (Wildman–Crippen LogP) is 5.05. The molecule has 2 aromatic heterocycles. The highest BCUT2D eigenvalue weighted by molar-refractivity contribution is 7.18. The van der Waals surface area contributed by atoms with Crippen molar-refractivity contribution in [2.45, 2.75) is 6.92 Å². The van der Waals surface area contributed by atoms with Crippen LogP contribution in [0.5, 0.6) is 0 Å². The Balaban J connectivity index is 1.85. The summed E-state index contributed by atoms with van der Waals surface area (Å²) in [5.74, 6) is -0.173. The van der Waals surface area contributed by atoms with E-state index in [-0.39, 0.29) is 10.8 Å². The molecule has 0 saturated carbocycles. The Morgan fingerprint density at radius 1 is 1.04 bits per heavy atom. The number of rotatable bonds is 5. The Kier molecular flexibility index (Phi) is 4.58. The van der Waals surface area contributed by atoms with Crippen molar-refractivity contribution in [3.8, 4) is 16.3 Å². The van der Waals surface area contributed by atoms with Gasteiger partial charge in [0.25, 0.3) is 0 Å². The van der Waals surface area contributed by atoms with Crippen molar-refractivity contribution in [1.29, 1.82) is 0 Å². The van der Waals surface area contributed by atoms with E-state index in [2.05, 4.69) is 5.10 Å². The van der Waals surface area contributed by atoms with E-state index in [0.29, 0.717) is 21.7 Å². The first kappa shape index (κ1) is 17.8. The van der Waals surface area contributed by atoms with Crippen LogP contribution in [0.4, 0.5) is 5.00 Å². The quantitative estimate of drug-likeness (QED) is 0.272. The SMILES string of the molecule is Cc1ccc(C(=O)c2cn(-c3ccccc3)nc2-c2ccc([N+](=O)[O-])s2)cc1. The summed E-state index contributed by atoms with van der Waals surface area (Å²) >= 11 is 1.00. The Labute approximate surface area is 164 Å². The molecule has 2 heterocycles. The number of hydrogen-bond donors (Lipinski definition) is 0. The van der Waals surface area contributed by atoms with Crippen LogP contribution in [0.3, 0.4) is 0 Å². The number of nitrogens with zero attached hydrogens (tertiary/aromatic N) is 3. The Morgan fingerprint density at radius 3 is 2.39 bits per heavy atom. The van der Waals surface area contributed by atoms with Gasteiger partial charge in [-0.15, -0.1) is 0 Å². The Bertz CT molecular complexity index is 1160. The molecule has 6 nitrogen and oxygen atoms in total. The van der Waals surface area contributed by atoms with E-state index >= 15 is 0 Å². The number of aryl methyl sites for hydroxylation is 1. The second-order valence-electron chi connectivity index (χ2n) is 6.26. The number of hydrogen-bond acceptors (Lipinski definition) is 5. The maximum absolute atomic E-state index is 13.2. The molecular formula is C21H15N3O3S. The molecule has 0 bridgehead atoms. The molecule has 4 aromatic rings. The van der Waals surface area contributed by atoms with Crippen LogP contribution in [0.15, 0.2) is 72.9 Å². The number of para-hydroxylation sites is 1. The van der Waals surface area contributed by atoms with Gasteiger partial charge in [-0.2, -0.15) is 5.10 Å². The molecule has 7 heteroatoms. The molecule has 0 fully saturated rings. The first-order chi connectivity index (χ1) is 13.5. The summed E-state index contributed by atoms with van der Waals surface area (Å²) in [6.07, 6.45) is 1.68. The molecule has 0 aliphatic rings. The minimum absolute atomic E-state index is 0.0120. The molecule has 0 aliphatic carbocycles. The second-order valence-corrected chi connectivity index (χ2v) is 7.32. The maximum Gasteiger partial charge on any atom is 0.324 e. The largest absolute Gasteiger partial charge is 0.324 e. The van der Waals surface area contributed by atoms with Crippen LogP contribution in [-0.4, -0.2) is 20.5 Å². The third kappa shape index (κ3) is 3.35. The molecule has 0 N–H and O–H groups in total. The molecule has 0 radical (unpaired) electrons. The zero-order valence-corrected chi connectivity index (χ0v) is 15.7. The van der Waals surface area contributed by atoms with Crippen molar-refractivity contribution < 1.29 is 9.72 Å². The van der Waals surface area contributed by atoms with Crippen LogP contribution in [-0.2, 0) is 0 Å². The number of ketones is 1. The summed E-state index contributed by atoms with van der Waals surface area (Å²) in [7, 11) is 0. The summed E-state index contributed by atoms with van der Waals surface area (Å²) in [5, 5.41) is 15.7. The second kappa shape index (κ2) is 7.21. The van der Waals surface area contributed by atoms with Crippen LogP contribution < -0.4 is 0 Å². The normalized spacial score (nSPS) is 10.8. The molecule has 28 heavy (non-hydrogen) atoms. The molecule has 0 unspecified atom stereocenters. The molecule has 0 atom stereocenters. The van der Waals surface area contributed by atoms with Crippen molar-refractivity contribution in [1.82, 2.24) is 9.78 Å². The zero-order chi connectivity index (χ0) is 19.7. The third-order valence-corrected chi connectivity index (χ3v) is 5.34. The van der Waals surface area contributed by atoms with E-state index in [4.69, 9.17) is 0 Å². The Hall–Kier alpha value is -3.58. The first-order valence-electron chi connectivity index (χ1n) is 8.54. The molecule has 2 aromatic carbocycles. The molecule has 4 rings (SSSR count). The highest BCUT2D eigenvalue weighted by Gasteiger charge is 2.23. The molecule has 138 valence electrons. The van der Waals surface area contributed by atoms with Gasteiger partial charge in [0.2, 0.25) is 0 Å². The van der Waals surface area contributed by atoms with E-state index in [0.717, 1.165) is 22.6 Å². The number of benzene rings is 2. The highest BCUT2D eigenvalue weighted by atomic mass is 32.1. The lowest BCUT2D eigenvalue weighted by Gasteiger charge is -2.01. The first-order valence-corrected chi connectivity index (χ1v) is 9.35. The van der Waals surface area contributed by atoms with Gasteiger partial charge >= 0.3 is 5.00 Å². The average molecular weight is 389 g/mol. The number of aromatic nitrogens is 2. The number of thiophene rings is 1. The van der Waals surface area contributed by atoms with Crippen LogP contribution >= 0.6 is 11.3 Å². The van der Waals surface area contributed by atoms with Gasteiger partial charge in [0, 0.05) is 17.8 Å². The van der Waals surface area contributed by atoms with Gasteiger partial charge in [-0.1, -0.05) is 59.4 Å².